The summed E-state index contributed by atoms with van der Waals surface area (Å²) in [6.07, 6.45) is 1.91. The van der Waals surface area contributed by atoms with Crippen molar-refractivity contribution in [2.24, 2.45) is 0 Å². The molecule has 0 radical (unpaired) electrons. The molecule has 0 aliphatic heterocycles. The Labute approximate surface area is 96.0 Å². The fourth-order valence-electron chi connectivity index (χ4n) is 1.83. The number of ether oxygens (including phenoxy) is 2. The van der Waals surface area contributed by atoms with Crippen molar-refractivity contribution in [3.8, 4) is 0 Å². The van der Waals surface area contributed by atoms with Crippen LogP contribution in [-0.4, -0.2) is 35.4 Å². The van der Waals surface area contributed by atoms with Crippen molar-refractivity contribution in [2.45, 2.75) is 38.7 Å². The monoisotopic (exact) mass is 228 g/mol. The van der Waals surface area contributed by atoms with Gasteiger partial charge >= 0.3 is 0 Å². The molecule has 1 aromatic heterocycles. The molecule has 1 aromatic rings. The number of hydrogen-bond acceptors (Lipinski definition) is 4. The van der Waals surface area contributed by atoms with Crippen LogP contribution in [-0.2, 0) is 21.6 Å². The van der Waals surface area contributed by atoms with Gasteiger partial charge in [0, 0.05) is 27.0 Å². The molecule has 1 heterocycles. The molecular formula is C11H20N2O3. The number of aromatic nitrogens is 2. The minimum absolute atomic E-state index is 0.697. The molecule has 1 unspecified atom stereocenters. The molecule has 5 heteroatoms. The minimum atomic E-state index is -1.21. The first-order chi connectivity index (χ1) is 7.57. The first-order valence-corrected chi connectivity index (χ1v) is 5.38. The third-order valence-electron chi connectivity index (χ3n) is 2.56. The predicted molar refractivity (Wildman–Crippen MR) is 59.9 cm³/mol. The largest absolute Gasteiger partial charge is 0.378 e. The quantitative estimate of drug-likeness (QED) is 0.741. The van der Waals surface area contributed by atoms with E-state index in [9.17, 15) is 5.11 Å². The Hall–Kier alpha value is -0.910. The second kappa shape index (κ2) is 5.43. The van der Waals surface area contributed by atoms with Crippen molar-refractivity contribution in [1.82, 2.24) is 9.78 Å². The smallest absolute Gasteiger partial charge is 0.191 e. The van der Waals surface area contributed by atoms with Crippen LogP contribution in [0.5, 0.6) is 0 Å². The van der Waals surface area contributed by atoms with Crippen LogP contribution in [0, 0.1) is 0 Å². The first kappa shape index (κ1) is 13.2. The summed E-state index contributed by atoms with van der Waals surface area (Å²) in [5.41, 5.74) is -0.516. The number of methoxy groups -OCH3 is 2. The SMILES string of the molecule is CCCn1nccc1C(C)(O)C(OC)OC. The second-order valence-electron chi connectivity index (χ2n) is 3.89. The van der Waals surface area contributed by atoms with Crippen molar-refractivity contribution in [3.05, 3.63) is 18.0 Å². The molecule has 1 atom stereocenters. The van der Waals surface area contributed by atoms with Crippen LogP contribution in [0.4, 0.5) is 0 Å². The molecule has 0 aliphatic rings. The van der Waals surface area contributed by atoms with Gasteiger partial charge in [0.05, 0.1) is 5.69 Å². The Kier molecular flexibility index (Phi) is 4.46. The molecule has 0 aliphatic carbocycles. The molecule has 1 N–H and O–H groups in total. The number of rotatable bonds is 6. The highest BCUT2D eigenvalue weighted by atomic mass is 16.7. The zero-order valence-corrected chi connectivity index (χ0v) is 10.3. The van der Waals surface area contributed by atoms with Gasteiger partial charge in [-0.3, -0.25) is 4.68 Å². The first-order valence-electron chi connectivity index (χ1n) is 5.38. The molecule has 0 fully saturated rings. The second-order valence-corrected chi connectivity index (χ2v) is 3.89. The predicted octanol–water partition coefficient (Wildman–Crippen LogP) is 1.12. The summed E-state index contributed by atoms with van der Waals surface area (Å²) in [4.78, 5) is 0. The van der Waals surface area contributed by atoms with Gasteiger partial charge in [0.1, 0.15) is 0 Å². The van der Waals surface area contributed by atoms with E-state index in [1.165, 1.54) is 14.2 Å². The van der Waals surface area contributed by atoms with Crippen molar-refractivity contribution in [1.29, 1.82) is 0 Å². The Balaban J connectivity index is 3.00. The van der Waals surface area contributed by atoms with Crippen LogP contribution in [0.25, 0.3) is 0 Å². The average molecular weight is 228 g/mol. The standard InChI is InChI=1S/C11H20N2O3/c1-5-8-13-9(6-7-12-13)11(2,14)10(15-3)16-4/h6-7,10,14H,5,8H2,1-4H3. The molecule has 0 saturated heterocycles. The Morgan fingerprint density at radius 3 is 2.62 bits per heavy atom. The van der Waals surface area contributed by atoms with Crippen molar-refractivity contribution in [2.75, 3.05) is 14.2 Å². The molecule has 0 amide bonds. The van der Waals surface area contributed by atoms with Crippen LogP contribution in [0.2, 0.25) is 0 Å². The van der Waals surface area contributed by atoms with Gasteiger partial charge < -0.3 is 14.6 Å². The highest BCUT2D eigenvalue weighted by molar-refractivity contribution is 5.12. The summed E-state index contributed by atoms with van der Waals surface area (Å²) in [5, 5.41) is 14.6. The molecule has 0 bridgehead atoms. The maximum atomic E-state index is 10.4. The molecule has 5 nitrogen and oxygen atoms in total. The van der Waals surface area contributed by atoms with Gasteiger partial charge in [0.25, 0.3) is 0 Å². The van der Waals surface area contributed by atoms with Crippen molar-refractivity contribution < 1.29 is 14.6 Å². The van der Waals surface area contributed by atoms with Gasteiger partial charge in [-0.05, 0) is 19.4 Å². The van der Waals surface area contributed by atoms with E-state index in [4.69, 9.17) is 9.47 Å². The van der Waals surface area contributed by atoms with Gasteiger partial charge in [-0.15, -0.1) is 0 Å². The third kappa shape index (κ3) is 2.42. The fourth-order valence-corrected chi connectivity index (χ4v) is 1.83. The Morgan fingerprint density at radius 1 is 1.50 bits per heavy atom. The number of aryl methyl sites for hydroxylation is 1. The average Bonchev–Trinajstić information content (AvgIpc) is 2.68. The topological polar surface area (TPSA) is 56.5 Å². The lowest BCUT2D eigenvalue weighted by molar-refractivity contribution is -0.215. The Bertz CT molecular complexity index is 319. The van der Waals surface area contributed by atoms with Gasteiger partial charge in [-0.2, -0.15) is 5.10 Å². The van der Waals surface area contributed by atoms with E-state index in [1.54, 1.807) is 23.9 Å². The third-order valence-corrected chi connectivity index (χ3v) is 2.56. The maximum Gasteiger partial charge on any atom is 0.191 e. The summed E-state index contributed by atoms with van der Waals surface area (Å²) in [5.74, 6) is 0. The highest BCUT2D eigenvalue weighted by Gasteiger charge is 2.37. The van der Waals surface area contributed by atoms with Crippen LogP contribution in [0.15, 0.2) is 12.3 Å². The molecular weight excluding hydrogens is 208 g/mol. The lowest BCUT2D eigenvalue weighted by Crippen LogP contribution is -2.41. The van der Waals surface area contributed by atoms with Crippen LogP contribution < -0.4 is 0 Å². The van der Waals surface area contributed by atoms with Crippen LogP contribution >= 0.6 is 0 Å². The van der Waals surface area contributed by atoms with E-state index in [2.05, 4.69) is 12.0 Å². The summed E-state index contributed by atoms with van der Waals surface area (Å²) in [6.45, 7) is 4.48. The Morgan fingerprint density at radius 2 is 2.12 bits per heavy atom. The highest BCUT2D eigenvalue weighted by Crippen LogP contribution is 2.26. The zero-order chi connectivity index (χ0) is 12.2. The fraction of sp³-hybridized carbons (Fsp3) is 0.727. The van der Waals surface area contributed by atoms with E-state index >= 15 is 0 Å². The van der Waals surface area contributed by atoms with E-state index in [0.717, 1.165) is 13.0 Å². The lowest BCUT2D eigenvalue weighted by atomic mass is 10.0. The summed E-state index contributed by atoms with van der Waals surface area (Å²) in [7, 11) is 3.01. The van der Waals surface area contributed by atoms with Gasteiger partial charge in [-0.25, -0.2) is 0 Å². The van der Waals surface area contributed by atoms with Crippen LogP contribution in [0.3, 0.4) is 0 Å². The van der Waals surface area contributed by atoms with E-state index in [1.807, 2.05) is 0 Å². The zero-order valence-electron chi connectivity index (χ0n) is 10.3. The van der Waals surface area contributed by atoms with Crippen molar-refractivity contribution in [3.63, 3.8) is 0 Å². The van der Waals surface area contributed by atoms with Gasteiger partial charge in [-0.1, -0.05) is 6.92 Å². The number of hydrogen-bond donors (Lipinski definition) is 1. The molecule has 92 valence electrons. The van der Waals surface area contributed by atoms with Gasteiger partial charge in [0.2, 0.25) is 0 Å². The summed E-state index contributed by atoms with van der Waals surface area (Å²) < 4.78 is 12.0. The van der Waals surface area contributed by atoms with E-state index in [-0.39, 0.29) is 0 Å². The minimum Gasteiger partial charge on any atom is -0.378 e. The number of nitrogens with zero attached hydrogens (tertiary/aromatic N) is 2. The number of aliphatic hydroxyl groups is 1. The molecule has 16 heavy (non-hydrogen) atoms. The normalized spacial score (nSPS) is 15.4. The molecule has 0 saturated carbocycles. The van der Waals surface area contributed by atoms with E-state index < -0.39 is 11.9 Å². The maximum absolute atomic E-state index is 10.4. The molecule has 0 aromatic carbocycles. The summed E-state index contributed by atoms with van der Waals surface area (Å²) >= 11 is 0. The van der Waals surface area contributed by atoms with Gasteiger partial charge in [0.15, 0.2) is 11.9 Å². The molecule has 1 rings (SSSR count). The van der Waals surface area contributed by atoms with Crippen LogP contribution in [0.1, 0.15) is 26.0 Å². The van der Waals surface area contributed by atoms with Crippen molar-refractivity contribution >= 4 is 0 Å². The summed E-state index contributed by atoms with van der Waals surface area (Å²) in [6, 6.07) is 1.78. The molecule has 0 spiro atoms. The van der Waals surface area contributed by atoms with E-state index in [0.29, 0.717) is 5.69 Å². The lowest BCUT2D eigenvalue weighted by Gasteiger charge is -2.30.